The quantitative estimate of drug-likeness (QED) is 0.830. The Balaban J connectivity index is 2.14. The van der Waals surface area contributed by atoms with Crippen LogP contribution in [-0.2, 0) is 13.0 Å². The summed E-state index contributed by atoms with van der Waals surface area (Å²) >= 11 is 0. The third kappa shape index (κ3) is 3.64. The maximum absolute atomic E-state index is 4.39. The molecule has 0 radical (unpaired) electrons. The van der Waals surface area contributed by atoms with E-state index in [9.17, 15) is 0 Å². The van der Waals surface area contributed by atoms with Crippen LogP contribution >= 0.6 is 0 Å². The lowest BCUT2D eigenvalue weighted by molar-refractivity contribution is 0.499. The van der Waals surface area contributed by atoms with Gasteiger partial charge in [0.2, 0.25) is 0 Å². The zero-order valence-corrected chi connectivity index (χ0v) is 11.7. The smallest absolute Gasteiger partial charge is 0.138 e. The highest BCUT2D eigenvalue weighted by molar-refractivity contribution is 5.20. The molecule has 1 heterocycles. The molecule has 4 heteroatoms. The van der Waals surface area contributed by atoms with Crippen LogP contribution in [0.1, 0.15) is 37.7 Å². The number of aromatic nitrogens is 3. The van der Waals surface area contributed by atoms with Crippen molar-refractivity contribution in [2.24, 2.45) is 0 Å². The van der Waals surface area contributed by atoms with Gasteiger partial charge in [-0.05, 0) is 18.5 Å². The Hall–Kier alpha value is -1.68. The Morgan fingerprint density at radius 1 is 1.21 bits per heavy atom. The predicted octanol–water partition coefficient (Wildman–Crippen LogP) is 2.58. The monoisotopic (exact) mass is 258 g/mol. The van der Waals surface area contributed by atoms with Gasteiger partial charge in [-0.1, -0.05) is 44.2 Å². The number of nitrogens with one attached hydrogen (secondary N) is 1. The first kappa shape index (κ1) is 13.7. The van der Waals surface area contributed by atoms with Crippen LogP contribution < -0.4 is 5.32 Å². The molecule has 0 saturated heterocycles. The number of nitrogens with zero attached hydrogens (tertiary/aromatic N) is 3. The molecule has 0 aliphatic rings. The van der Waals surface area contributed by atoms with Gasteiger partial charge in [0.05, 0.1) is 0 Å². The minimum atomic E-state index is 0.297. The number of rotatable bonds is 7. The van der Waals surface area contributed by atoms with Gasteiger partial charge in [0.25, 0.3) is 0 Å². The summed E-state index contributed by atoms with van der Waals surface area (Å²) in [5, 5.41) is 7.82. The average Bonchev–Trinajstić information content (AvgIpc) is 2.87. The fourth-order valence-corrected chi connectivity index (χ4v) is 2.27. The fraction of sp³-hybridized carbons (Fsp3) is 0.467. The molecule has 0 amide bonds. The predicted molar refractivity (Wildman–Crippen MR) is 76.9 cm³/mol. The third-order valence-corrected chi connectivity index (χ3v) is 3.17. The lowest BCUT2D eigenvalue weighted by Gasteiger charge is -2.18. The van der Waals surface area contributed by atoms with E-state index in [2.05, 4.69) is 53.5 Å². The van der Waals surface area contributed by atoms with Crippen LogP contribution in [0.2, 0.25) is 0 Å². The summed E-state index contributed by atoms with van der Waals surface area (Å²) < 4.78 is 2.01. The zero-order chi connectivity index (χ0) is 13.5. The molecule has 1 N–H and O–H groups in total. The first-order valence-electron chi connectivity index (χ1n) is 7.00. The molecule has 1 atom stereocenters. The lowest BCUT2D eigenvalue weighted by atomic mass is 10.0. The molecule has 0 bridgehead atoms. The van der Waals surface area contributed by atoms with Crippen molar-refractivity contribution in [1.29, 1.82) is 0 Å². The normalized spacial score (nSPS) is 12.5. The Morgan fingerprint density at radius 3 is 2.68 bits per heavy atom. The van der Waals surface area contributed by atoms with Crippen LogP contribution in [-0.4, -0.2) is 21.3 Å². The fourth-order valence-electron chi connectivity index (χ4n) is 2.27. The molecule has 0 aliphatic carbocycles. The standard InChI is InChI=1S/C15H22N4/c1-3-10-19-15(17-12-18-19)11-14(16-4-2)13-8-6-5-7-9-13/h5-9,12,14,16H,3-4,10-11H2,1-2H3. The highest BCUT2D eigenvalue weighted by Gasteiger charge is 2.14. The van der Waals surface area contributed by atoms with Gasteiger partial charge in [-0.2, -0.15) is 5.10 Å². The first-order valence-corrected chi connectivity index (χ1v) is 7.00. The molecule has 0 aliphatic heterocycles. The maximum Gasteiger partial charge on any atom is 0.138 e. The third-order valence-electron chi connectivity index (χ3n) is 3.17. The van der Waals surface area contributed by atoms with Crippen molar-refractivity contribution in [3.8, 4) is 0 Å². The van der Waals surface area contributed by atoms with E-state index < -0.39 is 0 Å². The molecule has 4 nitrogen and oxygen atoms in total. The van der Waals surface area contributed by atoms with Gasteiger partial charge in [0, 0.05) is 19.0 Å². The van der Waals surface area contributed by atoms with Crippen molar-refractivity contribution in [2.75, 3.05) is 6.54 Å². The van der Waals surface area contributed by atoms with E-state index >= 15 is 0 Å². The second kappa shape index (κ2) is 7.04. The first-order chi connectivity index (χ1) is 9.35. The Labute approximate surface area is 114 Å². The summed E-state index contributed by atoms with van der Waals surface area (Å²) in [5.74, 6) is 1.05. The molecule has 2 rings (SSSR count). The molecule has 0 saturated carbocycles. The molecular formula is C15H22N4. The Morgan fingerprint density at radius 2 is 2.00 bits per heavy atom. The zero-order valence-electron chi connectivity index (χ0n) is 11.7. The van der Waals surface area contributed by atoms with Crippen molar-refractivity contribution >= 4 is 0 Å². The minimum absolute atomic E-state index is 0.297. The van der Waals surface area contributed by atoms with Gasteiger partial charge >= 0.3 is 0 Å². The van der Waals surface area contributed by atoms with Crippen LogP contribution in [0.3, 0.4) is 0 Å². The van der Waals surface area contributed by atoms with Gasteiger partial charge in [-0.15, -0.1) is 0 Å². The minimum Gasteiger partial charge on any atom is -0.310 e. The molecule has 1 unspecified atom stereocenters. The van der Waals surface area contributed by atoms with Gasteiger partial charge in [0.1, 0.15) is 12.2 Å². The van der Waals surface area contributed by atoms with Gasteiger partial charge in [0.15, 0.2) is 0 Å². The van der Waals surface area contributed by atoms with Gasteiger partial charge < -0.3 is 5.32 Å². The SMILES string of the molecule is CCCn1ncnc1CC(NCC)c1ccccc1. The number of hydrogen-bond acceptors (Lipinski definition) is 3. The van der Waals surface area contributed by atoms with Crippen LogP contribution in [0, 0.1) is 0 Å². The average molecular weight is 258 g/mol. The van der Waals surface area contributed by atoms with Gasteiger partial charge in [-0.3, -0.25) is 4.68 Å². The highest BCUT2D eigenvalue weighted by atomic mass is 15.3. The summed E-state index contributed by atoms with van der Waals surface area (Å²) in [7, 11) is 0. The molecular weight excluding hydrogens is 236 g/mol. The highest BCUT2D eigenvalue weighted by Crippen LogP contribution is 2.17. The van der Waals surface area contributed by atoms with Gasteiger partial charge in [-0.25, -0.2) is 4.98 Å². The van der Waals surface area contributed by atoms with Crippen molar-refractivity contribution in [1.82, 2.24) is 20.1 Å². The molecule has 19 heavy (non-hydrogen) atoms. The number of hydrogen-bond donors (Lipinski definition) is 1. The van der Waals surface area contributed by atoms with Crippen LogP contribution in [0.25, 0.3) is 0 Å². The van der Waals surface area contributed by atoms with Crippen molar-refractivity contribution in [3.63, 3.8) is 0 Å². The van der Waals surface area contributed by atoms with Crippen LogP contribution in [0.15, 0.2) is 36.7 Å². The van der Waals surface area contributed by atoms with Crippen molar-refractivity contribution < 1.29 is 0 Å². The summed E-state index contributed by atoms with van der Waals surface area (Å²) in [4.78, 5) is 4.39. The molecule has 102 valence electrons. The number of aryl methyl sites for hydroxylation is 1. The van der Waals surface area contributed by atoms with Crippen molar-refractivity contribution in [3.05, 3.63) is 48.0 Å². The van der Waals surface area contributed by atoms with E-state index in [1.807, 2.05) is 10.7 Å². The van der Waals surface area contributed by atoms with E-state index in [0.717, 1.165) is 31.8 Å². The topological polar surface area (TPSA) is 42.7 Å². The van der Waals surface area contributed by atoms with Crippen LogP contribution in [0.4, 0.5) is 0 Å². The summed E-state index contributed by atoms with van der Waals surface area (Å²) in [6.07, 6.45) is 3.60. The van der Waals surface area contributed by atoms with E-state index in [-0.39, 0.29) is 0 Å². The summed E-state index contributed by atoms with van der Waals surface area (Å²) in [6, 6.07) is 10.8. The molecule has 1 aromatic heterocycles. The number of benzene rings is 1. The summed E-state index contributed by atoms with van der Waals surface area (Å²) in [6.45, 7) is 6.17. The largest absolute Gasteiger partial charge is 0.310 e. The number of likely N-dealkylation sites (N-methyl/N-ethyl adjacent to an activating group) is 1. The van der Waals surface area contributed by atoms with Crippen molar-refractivity contribution in [2.45, 2.75) is 39.3 Å². The van der Waals surface area contributed by atoms with Crippen LogP contribution in [0.5, 0.6) is 0 Å². The second-order valence-corrected chi connectivity index (χ2v) is 4.62. The summed E-state index contributed by atoms with van der Waals surface area (Å²) in [5.41, 5.74) is 1.30. The molecule has 2 aromatic rings. The Kier molecular flexibility index (Phi) is 5.10. The van der Waals surface area contributed by atoms with E-state index in [0.29, 0.717) is 6.04 Å². The molecule has 1 aromatic carbocycles. The Bertz CT molecular complexity index is 478. The second-order valence-electron chi connectivity index (χ2n) is 4.62. The lowest BCUT2D eigenvalue weighted by Crippen LogP contribution is -2.24. The molecule has 0 spiro atoms. The van der Waals surface area contributed by atoms with E-state index in [4.69, 9.17) is 0 Å². The maximum atomic E-state index is 4.39. The van der Waals surface area contributed by atoms with E-state index in [1.165, 1.54) is 5.56 Å². The van der Waals surface area contributed by atoms with E-state index in [1.54, 1.807) is 6.33 Å². The molecule has 0 fully saturated rings.